The molecule has 0 spiro atoms. The van der Waals surface area contributed by atoms with Crippen LogP contribution in [0.5, 0.6) is 0 Å². The number of aliphatic hydroxyl groups is 1. The van der Waals surface area contributed by atoms with E-state index in [-0.39, 0.29) is 24.4 Å². The second kappa shape index (κ2) is 5.34. The van der Waals surface area contributed by atoms with Crippen molar-refractivity contribution in [2.45, 2.75) is 57.6 Å². The van der Waals surface area contributed by atoms with Crippen LogP contribution in [-0.4, -0.2) is 47.1 Å². The molecule has 1 N–H and O–H groups in total. The number of rotatable bonds is 2. The summed E-state index contributed by atoms with van der Waals surface area (Å²) < 4.78 is 52.2. The Bertz CT molecular complexity index is 668. The number of anilines is 1. The van der Waals surface area contributed by atoms with Crippen molar-refractivity contribution in [1.82, 2.24) is 4.98 Å². The van der Waals surface area contributed by atoms with Crippen LogP contribution < -0.4 is 10.4 Å². The van der Waals surface area contributed by atoms with Crippen LogP contribution in [0.3, 0.4) is 0 Å². The van der Waals surface area contributed by atoms with Gasteiger partial charge in [-0.25, -0.2) is 4.98 Å². The summed E-state index contributed by atoms with van der Waals surface area (Å²) in [7, 11) is -0.910. The molecule has 2 aliphatic rings. The Hall–Kier alpha value is -1.32. The molecule has 2 fully saturated rings. The summed E-state index contributed by atoms with van der Waals surface area (Å²) in [5.74, 6) is -0.181. The smallest absolute Gasteiger partial charge is 0.399 e. The third kappa shape index (κ3) is 3.25. The molecule has 0 aromatic carbocycles. The Balaban J connectivity index is 1.94. The van der Waals surface area contributed by atoms with Crippen molar-refractivity contribution in [3.05, 3.63) is 17.8 Å². The number of β-amino-alcohol motifs (C(OH)–C–C–N with tert-alkyl or cyclic N) is 1. The predicted octanol–water partition coefficient (Wildman–Crippen LogP) is 1.97. The third-order valence-corrected chi connectivity index (χ3v) is 5.08. The highest BCUT2D eigenvalue weighted by atomic mass is 19.4. The Morgan fingerprint density at radius 1 is 1.12 bits per heavy atom. The minimum Gasteiger partial charge on any atom is -0.399 e. The number of nitrogens with zero attached hydrogens (tertiary/aromatic N) is 2. The zero-order valence-electron chi connectivity index (χ0n) is 14.9. The van der Waals surface area contributed by atoms with Gasteiger partial charge >= 0.3 is 13.3 Å². The largest absolute Gasteiger partial charge is 0.496 e. The maximum atomic E-state index is 13.5. The molecule has 2 saturated heterocycles. The summed E-state index contributed by atoms with van der Waals surface area (Å²) >= 11 is 0. The zero-order valence-corrected chi connectivity index (χ0v) is 14.9. The van der Waals surface area contributed by atoms with Crippen LogP contribution >= 0.6 is 0 Å². The molecule has 0 unspecified atom stereocenters. The van der Waals surface area contributed by atoms with E-state index in [4.69, 9.17) is 9.31 Å². The predicted molar refractivity (Wildman–Crippen MR) is 87.8 cm³/mol. The minimum atomic E-state index is -4.57. The lowest BCUT2D eigenvalue weighted by Gasteiger charge is -2.45. The Kier molecular flexibility index (Phi) is 3.95. The van der Waals surface area contributed by atoms with Gasteiger partial charge < -0.3 is 19.3 Å². The number of alkyl halides is 3. The molecule has 0 aliphatic carbocycles. The van der Waals surface area contributed by atoms with E-state index in [1.807, 2.05) is 27.7 Å². The number of aromatic nitrogens is 1. The highest BCUT2D eigenvalue weighted by molar-refractivity contribution is 6.62. The fourth-order valence-electron chi connectivity index (χ4n) is 2.97. The van der Waals surface area contributed by atoms with E-state index in [2.05, 4.69) is 4.98 Å². The highest BCUT2D eigenvalue weighted by Crippen LogP contribution is 2.39. The number of hydrogen-bond acceptors (Lipinski definition) is 5. The van der Waals surface area contributed by atoms with Gasteiger partial charge in [-0.3, -0.25) is 0 Å². The van der Waals surface area contributed by atoms with Gasteiger partial charge in [0.2, 0.25) is 0 Å². The van der Waals surface area contributed by atoms with Crippen LogP contribution in [0.2, 0.25) is 0 Å². The molecule has 0 saturated carbocycles. The molecule has 9 heteroatoms. The van der Waals surface area contributed by atoms with E-state index < -0.39 is 35.7 Å². The standard InChI is InChI=1S/C16H22BF3N2O3/c1-13(2)14(3,4)25-17(24-13)10-6-11(16(18,19)20)12(21-7-10)22-8-15(5,23)9-22/h6-7,23H,8-9H2,1-5H3. The first-order chi connectivity index (χ1) is 11.2. The lowest BCUT2D eigenvalue weighted by molar-refractivity contribution is -0.137. The van der Waals surface area contributed by atoms with E-state index >= 15 is 0 Å². The van der Waals surface area contributed by atoms with Gasteiger partial charge in [-0.1, -0.05) is 0 Å². The number of hydrogen-bond donors (Lipinski definition) is 1. The molecule has 1 aromatic heterocycles. The van der Waals surface area contributed by atoms with Crippen LogP contribution in [-0.2, 0) is 15.5 Å². The van der Waals surface area contributed by atoms with E-state index in [9.17, 15) is 18.3 Å². The lowest BCUT2D eigenvalue weighted by atomic mass is 9.79. The van der Waals surface area contributed by atoms with Crippen LogP contribution in [0.4, 0.5) is 19.0 Å². The summed E-state index contributed by atoms with van der Waals surface area (Å²) in [4.78, 5) is 5.42. The first-order valence-electron chi connectivity index (χ1n) is 8.12. The number of halogens is 3. The van der Waals surface area contributed by atoms with Gasteiger partial charge in [0, 0.05) is 24.7 Å². The molecule has 0 bridgehead atoms. The van der Waals surface area contributed by atoms with Gasteiger partial charge in [-0.2, -0.15) is 13.2 Å². The maximum absolute atomic E-state index is 13.5. The molecule has 138 valence electrons. The van der Waals surface area contributed by atoms with E-state index in [0.717, 1.165) is 6.07 Å². The molecule has 3 heterocycles. The maximum Gasteiger partial charge on any atom is 0.496 e. The monoisotopic (exact) mass is 358 g/mol. The van der Waals surface area contributed by atoms with Crippen LogP contribution in [0, 0.1) is 0 Å². The average molecular weight is 358 g/mol. The van der Waals surface area contributed by atoms with E-state index in [1.54, 1.807) is 6.92 Å². The molecular formula is C16H22BF3N2O3. The quantitative estimate of drug-likeness (QED) is 0.820. The van der Waals surface area contributed by atoms with Crippen molar-refractivity contribution in [2.75, 3.05) is 18.0 Å². The van der Waals surface area contributed by atoms with Crippen LogP contribution in [0.15, 0.2) is 12.3 Å². The zero-order chi connectivity index (χ0) is 18.8. The number of pyridine rings is 1. The van der Waals surface area contributed by atoms with Gasteiger partial charge in [0.05, 0.1) is 22.4 Å². The van der Waals surface area contributed by atoms with Crippen molar-refractivity contribution in [3.8, 4) is 0 Å². The Morgan fingerprint density at radius 2 is 1.64 bits per heavy atom. The topological polar surface area (TPSA) is 54.8 Å². The van der Waals surface area contributed by atoms with Crippen molar-refractivity contribution in [1.29, 1.82) is 0 Å². The molecule has 5 nitrogen and oxygen atoms in total. The van der Waals surface area contributed by atoms with Crippen LogP contribution in [0.1, 0.15) is 40.2 Å². The summed E-state index contributed by atoms with van der Waals surface area (Å²) in [5.41, 5.74) is -2.91. The SMILES string of the molecule is CC1(O)CN(c2ncc(B3OC(C)(C)C(C)(C)O3)cc2C(F)(F)F)C1. The molecule has 3 rings (SSSR count). The third-order valence-electron chi connectivity index (χ3n) is 5.08. The summed E-state index contributed by atoms with van der Waals surface area (Å²) in [6, 6.07) is 1.03. The fourth-order valence-corrected chi connectivity index (χ4v) is 2.97. The van der Waals surface area contributed by atoms with Gasteiger partial charge in [-0.15, -0.1) is 0 Å². The molecular weight excluding hydrogens is 336 g/mol. The normalized spacial score (nSPS) is 24.4. The fraction of sp³-hybridized carbons (Fsp3) is 0.688. The van der Waals surface area contributed by atoms with E-state index in [1.165, 1.54) is 11.1 Å². The molecule has 2 aliphatic heterocycles. The first kappa shape index (κ1) is 18.5. The first-order valence-corrected chi connectivity index (χ1v) is 8.12. The van der Waals surface area contributed by atoms with Gasteiger partial charge in [0.25, 0.3) is 0 Å². The molecule has 1 aromatic rings. The van der Waals surface area contributed by atoms with E-state index in [0.29, 0.717) is 0 Å². The summed E-state index contributed by atoms with van der Waals surface area (Å²) in [6.45, 7) is 9.14. The summed E-state index contributed by atoms with van der Waals surface area (Å²) in [6.07, 6.45) is -3.22. The van der Waals surface area contributed by atoms with Gasteiger partial charge in [-0.05, 0) is 40.7 Å². The Morgan fingerprint density at radius 3 is 2.08 bits per heavy atom. The second-order valence-corrected chi connectivity index (χ2v) is 8.08. The van der Waals surface area contributed by atoms with Crippen molar-refractivity contribution >= 4 is 18.4 Å². The van der Waals surface area contributed by atoms with Crippen molar-refractivity contribution in [2.24, 2.45) is 0 Å². The molecule has 0 radical (unpaired) electrons. The molecule has 0 atom stereocenters. The van der Waals surface area contributed by atoms with Crippen molar-refractivity contribution in [3.63, 3.8) is 0 Å². The van der Waals surface area contributed by atoms with Gasteiger partial charge in [0.1, 0.15) is 5.82 Å². The molecule has 0 amide bonds. The highest BCUT2D eigenvalue weighted by Gasteiger charge is 2.52. The van der Waals surface area contributed by atoms with Crippen molar-refractivity contribution < 1.29 is 27.6 Å². The average Bonchev–Trinajstić information content (AvgIpc) is 2.63. The van der Waals surface area contributed by atoms with Gasteiger partial charge in [0.15, 0.2) is 0 Å². The lowest BCUT2D eigenvalue weighted by Crippen LogP contribution is -2.60. The Labute approximate surface area is 145 Å². The van der Waals surface area contributed by atoms with Crippen LogP contribution in [0.25, 0.3) is 0 Å². The summed E-state index contributed by atoms with van der Waals surface area (Å²) in [5, 5.41) is 9.79. The second-order valence-electron chi connectivity index (χ2n) is 8.08. The molecule has 25 heavy (non-hydrogen) atoms. The minimum absolute atomic E-state index is 0.110.